The molecular weight excluding hydrogens is 272 g/mol. The fourth-order valence-electron chi connectivity index (χ4n) is 2.74. The van der Waals surface area contributed by atoms with Gasteiger partial charge in [-0.15, -0.1) is 0 Å². The highest BCUT2D eigenvalue weighted by Crippen LogP contribution is 2.30. The van der Waals surface area contributed by atoms with Crippen molar-refractivity contribution in [2.75, 3.05) is 18.5 Å². The lowest BCUT2D eigenvalue weighted by atomic mass is 9.94. The first-order valence-electron chi connectivity index (χ1n) is 7.11. The molecule has 0 spiro atoms. The summed E-state index contributed by atoms with van der Waals surface area (Å²) in [7, 11) is 0. The number of nitrogens with two attached hydrogens (primary N) is 1. The van der Waals surface area contributed by atoms with E-state index in [1.54, 1.807) is 11.0 Å². The predicted octanol–water partition coefficient (Wildman–Crippen LogP) is 2.14. The summed E-state index contributed by atoms with van der Waals surface area (Å²) in [5.41, 5.74) is 2.25. The minimum Gasteiger partial charge on any atom is -0.338 e. The number of rotatable bonds is 4. The zero-order valence-electron chi connectivity index (χ0n) is 12.0. The van der Waals surface area contributed by atoms with Gasteiger partial charge in [-0.2, -0.15) is 0 Å². The molecule has 114 valence electrons. The minimum atomic E-state index is -0.568. The molecule has 1 aliphatic rings. The van der Waals surface area contributed by atoms with Crippen molar-refractivity contribution in [2.45, 2.75) is 26.2 Å². The predicted molar refractivity (Wildman–Crippen MR) is 79.8 cm³/mol. The summed E-state index contributed by atoms with van der Waals surface area (Å²) in [6, 6.07) is 4.56. The van der Waals surface area contributed by atoms with Gasteiger partial charge in [0, 0.05) is 13.1 Å². The molecule has 0 aromatic heterocycles. The number of hydrazine groups is 1. The maximum absolute atomic E-state index is 12.5. The summed E-state index contributed by atoms with van der Waals surface area (Å²) in [4.78, 5) is 24.9. The molecular formula is C14H20N4O3. The van der Waals surface area contributed by atoms with Gasteiger partial charge in [0.05, 0.1) is 4.92 Å². The van der Waals surface area contributed by atoms with Gasteiger partial charge in [0.2, 0.25) is 0 Å². The molecule has 1 fully saturated rings. The van der Waals surface area contributed by atoms with E-state index in [0.29, 0.717) is 19.0 Å². The number of benzene rings is 1. The Morgan fingerprint density at radius 3 is 2.67 bits per heavy atom. The first kappa shape index (κ1) is 15.2. The van der Waals surface area contributed by atoms with Crippen LogP contribution in [0.25, 0.3) is 0 Å². The van der Waals surface area contributed by atoms with E-state index in [1.807, 2.05) is 0 Å². The van der Waals surface area contributed by atoms with Crippen LogP contribution >= 0.6 is 0 Å². The molecule has 3 N–H and O–H groups in total. The van der Waals surface area contributed by atoms with Crippen molar-refractivity contribution >= 4 is 17.3 Å². The number of carbonyl (C=O) groups is 1. The molecule has 0 radical (unpaired) electrons. The third kappa shape index (κ3) is 3.13. The van der Waals surface area contributed by atoms with Gasteiger partial charge in [-0.25, -0.2) is 0 Å². The fraction of sp³-hybridized carbons (Fsp3) is 0.500. The number of hydrogen-bond donors (Lipinski definition) is 2. The van der Waals surface area contributed by atoms with Crippen LogP contribution in [0.2, 0.25) is 0 Å². The van der Waals surface area contributed by atoms with Gasteiger partial charge in [-0.3, -0.25) is 20.8 Å². The Hall–Kier alpha value is -2.15. The number of para-hydroxylation sites is 1. The van der Waals surface area contributed by atoms with Gasteiger partial charge in [0.25, 0.3) is 5.91 Å². The number of likely N-dealkylation sites (tertiary alicyclic amines) is 1. The topological polar surface area (TPSA) is 102 Å². The standard InChI is InChI=1S/C14H20N4O3/c1-2-10-6-8-17(9-7-10)14(19)11-4-3-5-12(16-15)13(11)18(20)21/h3-5,10,16H,2,6-9,15H2,1H3. The second-order valence-electron chi connectivity index (χ2n) is 5.25. The van der Waals surface area contributed by atoms with Crippen molar-refractivity contribution in [3.05, 3.63) is 33.9 Å². The minimum absolute atomic E-state index is 0.0883. The number of carbonyl (C=O) groups excluding carboxylic acids is 1. The third-order valence-corrected chi connectivity index (χ3v) is 4.08. The van der Waals surface area contributed by atoms with E-state index in [2.05, 4.69) is 12.3 Å². The maximum atomic E-state index is 12.5. The molecule has 0 aliphatic carbocycles. The van der Waals surface area contributed by atoms with Gasteiger partial charge in [0.15, 0.2) is 0 Å². The van der Waals surface area contributed by atoms with Crippen LogP contribution < -0.4 is 11.3 Å². The van der Waals surface area contributed by atoms with Crippen molar-refractivity contribution in [1.82, 2.24) is 4.90 Å². The van der Waals surface area contributed by atoms with Crippen LogP contribution in [-0.4, -0.2) is 28.8 Å². The van der Waals surface area contributed by atoms with E-state index < -0.39 is 4.92 Å². The highest BCUT2D eigenvalue weighted by atomic mass is 16.6. The maximum Gasteiger partial charge on any atom is 0.306 e. The third-order valence-electron chi connectivity index (χ3n) is 4.08. The second kappa shape index (κ2) is 6.53. The second-order valence-corrected chi connectivity index (χ2v) is 5.25. The molecule has 21 heavy (non-hydrogen) atoms. The molecule has 0 saturated carbocycles. The van der Waals surface area contributed by atoms with Crippen molar-refractivity contribution in [3.8, 4) is 0 Å². The Labute approximate surface area is 123 Å². The molecule has 1 heterocycles. The average molecular weight is 292 g/mol. The van der Waals surface area contributed by atoms with Crippen LogP contribution in [-0.2, 0) is 0 Å². The Morgan fingerprint density at radius 2 is 2.14 bits per heavy atom. The first-order chi connectivity index (χ1) is 10.1. The van der Waals surface area contributed by atoms with E-state index in [-0.39, 0.29) is 22.8 Å². The normalized spacial score (nSPS) is 15.8. The van der Waals surface area contributed by atoms with Crippen LogP contribution in [0.4, 0.5) is 11.4 Å². The summed E-state index contributed by atoms with van der Waals surface area (Å²) < 4.78 is 0. The largest absolute Gasteiger partial charge is 0.338 e. The van der Waals surface area contributed by atoms with Crippen molar-refractivity contribution in [3.63, 3.8) is 0 Å². The SMILES string of the molecule is CCC1CCN(C(=O)c2cccc(NN)c2[N+](=O)[O-])CC1. The van der Waals surface area contributed by atoms with E-state index in [0.717, 1.165) is 19.3 Å². The molecule has 1 aromatic carbocycles. The smallest absolute Gasteiger partial charge is 0.306 e. The van der Waals surface area contributed by atoms with Gasteiger partial charge in [0.1, 0.15) is 11.3 Å². The monoisotopic (exact) mass is 292 g/mol. The number of nitrogens with one attached hydrogen (secondary N) is 1. The first-order valence-corrected chi connectivity index (χ1v) is 7.11. The zero-order chi connectivity index (χ0) is 15.4. The number of hydrogen-bond acceptors (Lipinski definition) is 5. The Morgan fingerprint density at radius 1 is 1.48 bits per heavy atom. The van der Waals surface area contributed by atoms with Crippen molar-refractivity contribution < 1.29 is 9.72 Å². The van der Waals surface area contributed by atoms with Crippen LogP contribution in [0.15, 0.2) is 18.2 Å². The number of nitro groups is 1. The Bertz CT molecular complexity index is 539. The van der Waals surface area contributed by atoms with Crippen LogP contribution in [0.3, 0.4) is 0 Å². The average Bonchev–Trinajstić information content (AvgIpc) is 2.53. The number of nitrogens with zero attached hydrogens (tertiary/aromatic N) is 2. The van der Waals surface area contributed by atoms with E-state index in [1.165, 1.54) is 12.1 Å². The molecule has 0 bridgehead atoms. The van der Waals surface area contributed by atoms with Crippen LogP contribution in [0, 0.1) is 16.0 Å². The number of nitrogen functional groups attached to an aromatic ring is 1. The van der Waals surface area contributed by atoms with Gasteiger partial charge in [-0.1, -0.05) is 19.4 Å². The molecule has 0 atom stereocenters. The van der Waals surface area contributed by atoms with Crippen LogP contribution in [0.5, 0.6) is 0 Å². The van der Waals surface area contributed by atoms with Gasteiger partial charge >= 0.3 is 5.69 Å². The molecule has 1 aliphatic heterocycles. The molecule has 7 heteroatoms. The highest BCUT2D eigenvalue weighted by molar-refractivity contribution is 6.00. The number of piperidine rings is 1. The van der Waals surface area contributed by atoms with Gasteiger partial charge in [-0.05, 0) is 30.9 Å². The molecule has 0 unspecified atom stereocenters. The molecule has 1 saturated heterocycles. The number of nitro benzene ring substituents is 1. The van der Waals surface area contributed by atoms with E-state index in [9.17, 15) is 14.9 Å². The van der Waals surface area contributed by atoms with E-state index >= 15 is 0 Å². The van der Waals surface area contributed by atoms with Crippen molar-refractivity contribution in [1.29, 1.82) is 0 Å². The lowest BCUT2D eigenvalue weighted by molar-refractivity contribution is -0.384. The highest BCUT2D eigenvalue weighted by Gasteiger charge is 2.29. The fourth-order valence-corrected chi connectivity index (χ4v) is 2.74. The zero-order valence-corrected chi connectivity index (χ0v) is 12.0. The van der Waals surface area contributed by atoms with Crippen LogP contribution in [0.1, 0.15) is 36.5 Å². The summed E-state index contributed by atoms with van der Waals surface area (Å²) in [5.74, 6) is 5.63. The molecule has 1 aromatic rings. The molecule has 1 amide bonds. The number of anilines is 1. The molecule has 7 nitrogen and oxygen atoms in total. The lowest BCUT2D eigenvalue weighted by Crippen LogP contribution is -2.38. The lowest BCUT2D eigenvalue weighted by Gasteiger charge is -2.31. The Balaban J connectivity index is 2.26. The summed E-state index contributed by atoms with van der Waals surface area (Å²) >= 11 is 0. The van der Waals surface area contributed by atoms with Gasteiger partial charge < -0.3 is 10.3 Å². The Kier molecular flexibility index (Phi) is 4.74. The number of amides is 1. The summed E-state index contributed by atoms with van der Waals surface area (Å²) in [6.45, 7) is 3.44. The summed E-state index contributed by atoms with van der Waals surface area (Å²) in [5, 5.41) is 11.2. The summed E-state index contributed by atoms with van der Waals surface area (Å²) in [6.07, 6.45) is 3.00. The molecule has 2 rings (SSSR count). The van der Waals surface area contributed by atoms with E-state index in [4.69, 9.17) is 5.84 Å². The quantitative estimate of drug-likeness (QED) is 0.503. The van der Waals surface area contributed by atoms with Crippen molar-refractivity contribution in [2.24, 2.45) is 11.8 Å².